The minimum absolute atomic E-state index is 0.00490. The van der Waals surface area contributed by atoms with E-state index in [1.165, 1.54) is 0 Å². The van der Waals surface area contributed by atoms with E-state index < -0.39 is 26.6 Å². The number of hydrogen-bond donors (Lipinski definition) is 2. The molecule has 3 N–H and O–H groups in total. The van der Waals surface area contributed by atoms with Crippen molar-refractivity contribution < 1.29 is 17.6 Å². The molecule has 1 fully saturated rings. The zero-order chi connectivity index (χ0) is 15.3. The lowest BCUT2D eigenvalue weighted by Gasteiger charge is -2.10. The van der Waals surface area contributed by atoms with E-state index in [0.717, 1.165) is 18.6 Å². The van der Waals surface area contributed by atoms with Crippen molar-refractivity contribution in [1.29, 1.82) is 0 Å². The summed E-state index contributed by atoms with van der Waals surface area (Å²) in [6, 6.07) is 1.63. The number of benzene rings is 1. The Hall–Kier alpha value is -1.18. The van der Waals surface area contributed by atoms with Crippen LogP contribution in [0.15, 0.2) is 17.0 Å². The molecule has 0 aliphatic heterocycles. The van der Waals surface area contributed by atoms with Crippen molar-refractivity contribution in [3.05, 3.63) is 28.5 Å². The zero-order valence-electron chi connectivity index (χ0n) is 10.9. The summed E-state index contributed by atoms with van der Waals surface area (Å²) in [7, 11) is -4.26. The van der Waals surface area contributed by atoms with Crippen LogP contribution >= 0.6 is 11.6 Å². The topological polar surface area (TPSA) is 89.3 Å². The van der Waals surface area contributed by atoms with Crippen LogP contribution in [0.5, 0.6) is 0 Å². The Morgan fingerprint density at radius 3 is 2.50 bits per heavy atom. The first-order valence-electron chi connectivity index (χ1n) is 5.85. The van der Waals surface area contributed by atoms with Crippen molar-refractivity contribution >= 4 is 27.5 Å². The van der Waals surface area contributed by atoms with Gasteiger partial charge in [-0.3, -0.25) is 4.79 Å². The molecule has 20 heavy (non-hydrogen) atoms. The molecule has 1 amide bonds. The van der Waals surface area contributed by atoms with E-state index in [4.69, 9.17) is 16.7 Å². The second-order valence-electron chi connectivity index (χ2n) is 5.53. The summed E-state index contributed by atoms with van der Waals surface area (Å²) in [6.45, 7) is 3.97. The van der Waals surface area contributed by atoms with Gasteiger partial charge in [0.1, 0.15) is 10.7 Å². The molecule has 0 heterocycles. The summed E-state index contributed by atoms with van der Waals surface area (Å²) in [5.74, 6) is -1.63. The Kier molecular flexibility index (Phi) is 3.56. The molecule has 0 spiro atoms. The van der Waals surface area contributed by atoms with Crippen molar-refractivity contribution in [3.8, 4) is 0 Å². The number of halogens is 2. The summed E-state index contributed by atoms with van der Waals surface area (Å²) >= 11 is 5.78. The SMILES string of the molecule is CC1(C)CC1NC(=O)c1cc(S(N)(=O)=O)c(F)cc1Cl. The fraction of sp³-hybridized carbons (Fsp3) is 0.417. The van der Waals surface area contributed by atoms with Gasteiger partial charge in [-0.25, -0.2) is 17.9 Å². The molecule has 5 nitrogen and oxygen atoms in total. The maximum atomic E-state index is 13.5. The number of sulfonamides is 1. The van der Waals surface area contributed by atoms with Crippen LogP contribution in [0.1, 0.15) is 30.6 Å². The van der Waals surface area contributed by atoms with E-state index in [2.05, 4.69) is 5.32 Å². The first kappa shape index (κ1) is 15.2. The van der Waals surface area contributed by atoms with Gasteiger partial charge in [0.25, 0.3) is 5.91 Å². The largest absolute Gasteiger partial charge is 0.349 e. The molecule has 1 aliphatic carbocycles. The molecule has 0 saturated heterocycles. The van der Waals surface area contributed by atoms with Crippen LogP contribution in [-0.2, 0) is 10.0 Å². The number of carbonyl (C=O) groups excluding carboxylic acids is 1. The molecular formula is C12H14ClFN2O3S. The molecule has 110 valence electrons. The van der Waals surface area contributed by atoms with Crippen LogP contribution in [0.2, 0.25) is 5.02 Å². The predicted octanol–water partition coefficient (Wildman–Crippen LogP) is 1.65. The summed E-state index contributed by atoms with van der Waals surface area (Å²) in [5, 5.41) is 7.45. The van der Waals surface area contributed by atoms with Crippen molar-refractivity contribution in [3.63, 3.8) is 0 Å². The first-order valence-corrected chi connectivity index (χ1v) is 7.77. The molecule has 8 heteroatoms. The highest BCUT2D eigenvalue weighted by Gasteiger charge is 2.46. The summed E-state index contributed by atoms with van der Waals surface area (Å²) < 4.78 is 36.0. The van der Waals surface area contributed by atoms with Gasteiger partial charge in [-0.2, -0.15) is 0 Å². The lowest BCUT2D eigenvalue weighted by Crippen LogP contribution is -2.29. The van der Waals surface area contributed by atoms with E-state index in [1.807, 2.05) is 13.8 Å². The fourth-order valence-corrected chi connectivity index (χ4v) is 2.72. The van der Waals surface area contributed by atoms with Crippen LogP contribution in [0, 0.1) is 11.2 Å². The Balaban J connectivity index is 2.34. The number of nitrogens with one attached hydrogen (secondary N) is 1. The van der Waals surface area contributed by atoms with Gasteiger partial charge in [0.05, 0.1) is 10.6 Å². The molecular weight excluding hydrogens is 307 g/mol. The monoisotopic (exact) mass is 320 g/mol. The summed E-state index contributed by atoms with van der Waals surface area (Å²) in [5.41, 5.74) is -0.106. The molecule has 0 aromatic heterocycles. The highest BCUT2D eigenvalue weighted by atomic mass is 35.5. The fourth-order valence-electron chi connectivity index (χ4n) is 1.87. The highest BCUT2D eigenvalue weighted by molar-refractivity contribution is 7.89. The van der Waals surface area contributed by atoms with Gasteiger partial charge in [0.15, 0.2) is 0 Å². The summed E-state index contributed by atoms with van der Waals surface area (Å²) in [6.07, 6.45) is 0.819. The van der Waals surface area contributed by atoms with Crippen LogP contribution < -0.4 is 10.5 Å². The smallest absolute Gasteiger partial charge is 0.253 e. The van der Waals surface area contributed by atoms with Gasteiger partial charge in [0, 0.05) is 6.04 Å². The second kappa shape index (κ2) is 4.68. The van der Waals surface area contributed by atoms with E-state index >= 15 is 0 Å². The maximum Gasteiger partial charge on any atom is 0.253 e. The molecule has 1 aliphatic rings. The van der Waals surface area contributed by atoms with Crippen LogP contribution in [0.3, 0.4) is 0 Å². The zero-order valence-corrected chi connectivity index (χ0v) is 12.5. The molecule has 2 rings (SSSR count). The van der Waals surface area contributed by atoms with E-state index in [-0.39, 0.29) is 22.0 Å². The van der Waals surface area contributed by atoms with Crippen molar-refractivity contribution in [1.82, 2.24) is 5.32 Å². The lowest BCUT2D eigenvalue weighted by atomic mass is 10.1. The lowest BCUT2D eigenvalue weighted by molar-refractivity contribution is 0.0946. The van der Waals surface area contributed by atoms with Crippen LogP contribution in [0.4, 0.5) is 4.39 Å². The highest BCUT2D eigenvalue weighted by Crippen LogP contribution is 2.44. The number of rotatable bonds is 3. The number of hydrogen-bond acceptors (Lipinski definition) is 3. The number of primary sulfonamides is 1. The van der Waals surface area contributed by atoms with Gasteiger partial charge in [-0.05, 0) is 24.0 Å². The number of carbonyl (C=O) groups is 1. The third-order valence-electron chi connectivity index (χ3n) is 3.39. The van der Waals surface area contributed by atoms with Gasteiger partial charge in [-0.15, -0.1) is 0 Å². The number of nitrogens with two attached hydrogens (primary N) is 1. The molecule has 1 atom stereocenters. The average Bonchev–Trinajstić information content (AvgIpc) is 2.83. The molecule has 0 radical (unpaired) electrons. The molecule has 1 saturated carbocycles. The minimum atomic E-state index is -4.26. The van der Waals surface area contributed by atoms with E-state index in [0.29, 0.717) is 0 Å². The van der Waals surface area contributed by atoms with Gasteiger partial charge < -0.3 is 5.32 Å². The quantitative estimate of drug-likeness (QED) is 0.887. The Morgan fingerprint density at radius 1 is 1.50 bits per heavy atom. The normalized spacial score (nSPS) is 20.6. The van der Waals surface area contributed by atoms with Crippen LogP contribution in [0.25, 0.3) is 0 Å². The average molecular weight is 321 g/mol. The maximum absolute atomic E-state index is 13.5. The van der Waals surface area contributed by atoms with Gasteiger partial charge in [0.2, 0.25) is 10.0 Å². The Bertz CT molecular complexity index is 688. The summed E-state index contributed by atoms with van der Waals surface area (Å²) in [4.78, 5) is 11.3. The molecule has 1 unspecified atom stereocenters. The molecule has 0 bridgehead atoms. The van der Waals surface area contributed by atoms with Crippen molar-refractivity contribution in [2.75, 3.05) is 0 Å². The minimum Gasteiger partial charge on any atom is -0.349 e. The molecule has 1 aromatic rings. The van der Waals surface area contributed by atoms with Crippen molar-refractivity contribution in [2.45, 2.75) is 31.2 Å². The van der Waals surface area contributed by atoms with Crippen LogP contribution in [-0.4, -0.2) is 20.4 Å². The predicted molar refractivity (Wildman–Crippen MR) is 72.4 cm³/mol. The van der Waals surface area contributed by atoms with Crippen molar-refractivity contribution in [2.24, 2.45) is 10.6 Å². The van der Waals surface area contributed by atoms with E-state index in [1.54, 1.807) is 0 Å². The van der Waals surface area contributed by atoms with Gasteiger partial charge >= 0.3 is 0 Å². The molecule has 1 aromatic carbocycles. The first-order chi connectivity index (χ1) is 9.02. The van der Waals surface area contributed by atoms with E-state index in [9.17, 15) is 17.6 Å². The Morgan fingerprint density at radius 2 is 2.05 bits per heavy atom. The third kappa shape index (κ3) is 2.94. The van der Waals surface area contributed by atoms with Gasteiger partial charge in [-0.1, -0.05) is 25.4 Å². The Labute approximate surface area is 121 Å². The second-order valence-corrected chi connectivity index (χ2v) is 7.46. The standard InChI is InChI=1S/C12H14ClFN2O3S/c1-12(2)5-10(12)16-11(17)6-3-9(20(15,18)19)8(14)4-7(6)13/h3-4,10H,5H2,1-2H3,(H,16,17)(H2,15,18,19). The third-order valence-corrected chi connectivity index (χ3v) is 4.63. The number of amides is 1.